The average molecular weight is 523 g/mol. The Morgan fingerprint density at radius 1 is 1.06 bits per heavy atom. The van der Waals surface area contributed by atoms with Gasteiger partial charge in [0.25, 0.3) is 11.7 Å². The van der Waals surface area contributed by atoms with E-state index >= 15 is 0 Å². The van der Waals surface area contributed by atoms with E-state index < -0.39 is 17.7 Å². The van der Waals surface area contributed by atoms with Crippen molar-refractivity contribution in [2.24, 2.45) is 0 Å². The van der Waals surface area contributed by atoms with E-state index in [1.54, 1.807) is 69.1 Å². The van der Waals surface area contributed by atoms with Gasteiger partial charge in [-0.05, 0) is 47.9 Å². The second-order valence-electron chi connectivity index (χ2n) is 7.73. The number of methoxy groups -OCH3 is 2. The Bertz CT molecular complexity index is 1240. The molecule has 0 spiro atoms. The van der Waals surface area contributed by atoms with Crippen molar-refractivity contribution >= 4 is 33.4 Å². The van der Waals surface area contributed by atoms with Crippen molar-refractivity contribution in [1.29, 1.82) is 0 Å². The highest BCUT2D eigenvalue weighted by Gasteiger charge is 2.45. The molecule has 3 aromatic rings. The third-order valence-electron chi connectivity index (χ3n) is 5.75. The summed E-state index contributed by atoms with van der Waals surface area (Å²) < 4.78 is 11.5. The van der Waals surface area contributed by atoms with Crippen LogP contribution in [0.1, 0.15) is 22.7 Å². The zero-order chi connectivity index (χ0) is 24.2. The molecule has 1 aromatic heterocycles. The summed E-state index contributed by atoms with van der Waals surface area (Å²) in [5, 5.41) is 11.1. The van der Waals surface area contributed by atoms with E-state index in [1.165, 1.54) is 4.90 Å². The molecule has 2 aromatic carbocycles. The number of hydrogen-bond acceptors (Lipinski definition) is 6. The quantitative estimate of drug-likeness (QED) is 0.278. The van der Waals surface area contributed by atoms with Gasteiger partial charge in [-0.1, -0.05) is 40.2 Å². The van der Waals surface area contributed by atoms with Gasteiger partial charge in [0.1, 0.15) is 5.76 Å². The molecule has 7 nitrogen and oxygen atoms in total. The zero-order valence-corrected chi connectivity index (χ0v) is 20.3. The maximum absolute atomic E-state index is 13.1. The molecule has 1 N–H and O–H groups in total. The molecule has 1 atom stereocenters. The summed E-state index contributed by atoms with van der Waals surface area (Å²) in [5.74, 6) is -0.402. The predicted octanol–water partition coefficient (Wildman–Crippen LogP) is 4.53. The first-order chi connectivity index (χ1) is 16.4. The molecule has 0 bridgehead atoms. The number of aromatic nitrogens is 1. The first-order valence-corrected chi connectivity index (χ1v) is 11.4. The Morgan fingerprint density at radius 3 is 2.44 bits per heavy atom. The molecule has 8 heteroatoms. The number of benzene rings is 2. The molecule has 1 aliphatic rings. The van der Waals surface area contributed by atoms with E-state index in [0.29, 0.717) is 29.0 Å². The number of carbonyl (C=O) groups excluding carboxylic acids is 2. The van der Waals surface area contributed by atoms with Crippen LogP contribution < -0.4 is 9.47 Å². The van der Waals surface area contributed by atoms with Crippen molar-refractivity contribution in [3.05, 3.63) is 93.7 Å². The number of likely N-dealkylation sites (tertiary alicyclic amines) is 1. The number of Topliss-reactive ketones (excluding diaryl/α,β-unsaturated/α-hetero) is 1. The summed E-state index contributed by atoms with van der Waals surface area (Å²) in [4.78, 5) is 31.8. The minimum Gasteiger partial charge on any atom is -0.507 e. The highest BCUT2D eigenvalue weighted by atomic mass is 79.9. The summed E-state index contributed by atoms with van der Waals surface area (Å²) >= 11 is 3.37. The molecular formula is C26H23BrN2O5. The fraction of sp³-hybridized carbons (Fsp3) is 0.192. The normalized spacial score (nSPS) is 17.1. The number of halogens is 1. The fourth-order valence-corrected chi connectivity index (χ4v) is 4.31. The first kappa shape index (κ1) is 23.5. The lowest BCUT2D eigenvalue weighted by Crippen LogP contribution is -2.31. The molecule has 2 heterocycles. The SMILES string of the molecule is COc1ccc(CCN2C(=O)C(=O)C(=C(O)c3ccc(Br)cc3)C2c2cccnc2)cc1OC. The van der Waals surface area contributed by atoms with E-state index in [4.69, 9.17) is 9.47 Å². The van der Waals surface area contributed by atoms with E-state index in [2.05, 4.69) is 20.9 Å². The molecule has 1 saturated heterocycles. The van der Waals surface area contributed by atoms with Gasteiger partial charge < -0.3 is 19.5 Å². The Balaban J connectivity index is 1.72. The Kier molecular flexibility index (Phi) is 6.98. The highest BCUT2D eigenvalue weighted by molar-refractivity contribution is 9.10. The minimum atomic E-state index is -0.752. The predicted molar refractivity (Wildman–Crippen MR) is 131 cm³/mol. The van der Waals surface area contributed by atoms with E-state index in [0.717, 1.165) is 10.0 Å². The summed E-state index contributed by atoms with van der Waals surface area (Å²) in [6.07, 6.45) is 3.70. The van der Waals surface area contributed by atoms with Gasteiger partial charge in [-0.3, -0.25) is 14.6 Å². The topological polar surface area (TPSA) is 89.0 Å². The average Bonchev–Trinajstić information content (AvgIpc) is 3.12. The Morgan fingerprint density at radius 2 is 1.79 bits per heavy atom. The van der Waals surface area contributed by atoms with Gasteiger partial charge in [-0.2, -0.15) is 0 Å². The summed E-state index contributed by atoms with van der Waals surface area (Å²) in [5.41, 5.74) is 2.06. The second-order valence-corrected chi connectivity index (χ2v) is 8.64. The standard InChI is InChI=1S/C26H23BrN2O5/c1-33-20-10-5-16(14-21(20)34-2)11-13-29-23(18-4-3-12-28-15-18)22(25(31)26(29)32)24(30)17-6-8-19(27)9-7-17/h3-10,12,14-15,23,30H,11,13H2,1-2H3. The van der Waals surface area contributed by atoms with Crippen molar-refractivity contribution < 1.29 is 24.2 Å². The van der Waals surface area contributed by atoms with Crippen molar-refractivity contribution in [3.8, 4) is 11.5 Å². The number of ether oxygens (including phenoxy) is 2. The number of carbonyl (C=O) groups is 2. The van der Waals surface area contributed by atoms with Crippen LogP contribution >= 0.6 is 15.9 Å². The van der Waals surface area contributed by atoms with Gasteiger partial charge in [-0.25, -0.2) is 0 Å². The van der Waals surface area contributed by atoms with Crippen molar-refractivity contribution in [2.75, 3.05) is 20.8 Å². The number of pyridine rings is 1. The lowest BCUT2D eigenvalue weighted by Gasteiger charge is -2.25. The molecular weight excluding hydrogens is 500 g/mol. The van der Waals surface area contributed by atoms with Gasteiger partial charge in [-0.15, -0.1) is 0 Å². The molecule has 0 saturated carbocycles. The maximum atomic E-state index is 13.1. The number of amides is 1. The number of nitrogens with zero attached hydrogens (tertiary/aromatic N) is 2. The van der Waals surface area contributed by atoms with Crippen LogP contribution in [-0.2, 0) is 16.0 Å². The zero-order valence-electron chi connectivity index (χ0n) is 18.7. The smallest absolute Gasteiger partial charge is 0.295 e. The lowest BCUT2D eigenvalue weighted by molar-refractivity contribution is -0.139. The van der Waals surface area contributed by atoms with Gasteiger partial charge >= 0.3 is 0 Å². The minimum absolute atomic E-state index is 0.0487. The van der Waals surface area contributed by atoms with Crippen LogP contribution in [-0.4, -0.2) is 47.4 Å². The maximum Gasteiger partial charge on any atom is 0.295 e. The van der Waals surface area contributed by atoms with Crippen molar-refractivity contribution in [1.82, 2.24) is 9.88 Å². The second kappa shape index (κ2) is 10.1. The van der Waals surface area contributed by atoms with Crippen molar-refractivity contribution in [3.63, 3.8) is 0 Å². The molecule has 34 heavy (non-hydrogen) atoms. The largest absolute Gasteiger partial charge is 0.507 e. The number of ketones is 1. The summed E-state index contributed by atoms with van der Waals surface area (Å²) in [6.45, 7) is 0.261. The van der Waals surface area contributed by atoms with Crippen LogP contribution in [0.15, 0.2) is 77.0 Å². The molecule has 174 valence electrons. The monoisotopic (exact) mass is 522 g/mol. The molecule has 4 rings (SSSR count). The molecule has 1 unspecified atom stereocenters. The molecule has 0 radical (unpaired) electrons. The van der Waals surface area contributed by atoms with E-state index in [9.17, 15) is 14.7 Å². The van der Waals surface area contributed by atoms with Crippen LogP contribution in [0, 0.1) is 0 Å². The van der Waals surface area contributed by atoms with Gasteiger partial charge in [0, 0.05) is 29.0 Å². The number of hydrogen-bond donors (Lipinski definition) is 1. The molecule has 1 amide bonds. The van der Waals surface area contributed by atoms with Gasteiger partial charge in [0.2, 0.25) is 0 Å². The van der Waals surface area contributed by atoms with Crippen LogP contribution in [0.25, 0.3) is 5.76 Å². The Labute approximate surface area is 205 Å². The summed E-state index contributed by atoms with van der Waals surface area (Å²) in [6, 6.07) is 15.2. The number of rotatable bonds is 7. The van der Waals surface area contributed by atoms with Crippen molar-refractivity contribution in [2.45, 2.75) is 12.5 Å². The number of aliphatic hydroxyl groups excluding tert-OH is 1. The molecule has 1 fully saturated rings. The fourth-order valence-electron chi connectivity index (χ4n) is 4.04. The third-order valence-corrected chi connectivity index (χ3v) is 6.28. The van der Waals surface area contributed by atoms with Crippen LogP contribution in [0.2, 0.25) is 0 Å². The van der Waals surface area contributed by atoms with Crippen LogP contribution in [0.5, 0.6) is 11.5 Å². The van der Waals surface area contributed by atoms with Gasteiger partial charge in [0.05, 0.1) is 25.8 Å². The number of aliphatic hydroxyl groups is 1. The summed E-state index contributed by atoms with van der Waals surface area (Å²) in [7, 11) is 3.13. The first-order valence-electron chi connectivity index (χ1n) is 10.6. The van der Waals surface area contributed by atoms with E-state index in [-0.39, 0.29) is 17.9 Å². The molecule has 0 aliphatic carbocycles. The van der Waals surface area contributed by atoms with Gasteiger partial charge in [0.15, 0.2) is 11.5 Å². The highest BCUT2D eigenvalue weighted by Crippen LogP contribution is 2.39. The van der Waals surface area contributed by atoms with E-state index in [1.807, 2.05) is 12.1 Å². The third kappa shape index (κ3) is 4.54. The van der Waals surface area contributed by atoms with Crippen LogP contribution in [0.4, 0.5) is 0 Å². The lowest BCUT2D eigenvalue weighted by atomic mass is 9.96. The molecule has 1 aliphatic heterocycles. The van der Waals surface area contributed by atoms with Crippen LogP contribution in [0.3, 0.4) is 0 Å². The Hall–Kier alpha value is -3.65.